The maximum atomic E-state index is 10.7. The van der Waals surface area contributed by atoms with Crippen molar-refractivity contribution in [2.45, 2.75) is 20.3 Å². The molecule has 70 valence electrons. The Morgan fingerprint density at radius 3 is 3.00 bits per heavy atom. The number of hydrogen-bond acceptors (Lipinski definition) is 1. The number of nitrogens with one attached hydrogen (secondary N) is 1. The SMILES string of the molecule is CC(=O)NCC1=CC=C(C)C=CC1. The fraction of sp³-hybridized carbons (Fsp3) is 0.364. The molecule has 0 fully saturated rings. The first-order valence-electron chi connectivity index (χ1n) is 4.46. The van der Waals surface area contributed by atoms with Gasteiger partial charge in [0.05, 0.1) is 0 Å². The standard InChI is InChI=1S/C11H15NO/c1-9-4-3-5-11(7-6-9)8-12-10(2)13/h3-4,6-7H,5,8H2,1-2H3,(H,12,13). The van der Waals surface area contributed by atoms with Crippen LogP contribution in [0.4, 0.5) is 0 Å². The van der Waals surface area contributed by atoms with Crippen LogP contribution in [0.3, 0.4) is 0 Å². The molecule has 0 heterocycles. The number of carbonyl (C=O) groups is 1. The summed E-state index contributed by atoms with van der Waals surface area (Å²) >= 11 is 0. The molecule has 0 aromatic carbocycles. The van der Waals surface area contributed by atoms with Gasteiger partial charge in [0.15, 0.2) is 0 Å². The van der Waals surface area contributed by atoms with E-state index in [1.54, 1.807) is 0 Å². The number of amides is 1. The maximum Gasteiger partial charge on any atom is 0.217 e. The molecule has 0 atom stereocenters. The molecule has 0 unspecified atom stereocenters. The van der Waals surface area contributed by atoms with Crippen molar-refractivity contribution >= 4 is 5.91 Å². The number of rotatable bonds is 2. The van der Waals surface area contributed by atoms with Crippen molar-refractivity contribution in [2.75, 3.05) is 6.54 Å². The van der Waals surface area contributed by atoms with Gasteiger partial charge in [-0.1, -0.05) is 29.9 Å². The van der Waals surface area contributed by atoms with Crippen LogP contribution >= 0.6 is 0 Å². The summed E-state index contributed by atoms with van der Waals surface area (Å²) in [5, 5.41) is 2.79. The van der Waals surface area contributed by atoms with E-state index in [-0.39, 0.29) is 5.91 Å². The smallest absolute Gasteiger partial charge is 0.217 e. The Kier molecular flexibility index (Phi) is 3.50. The van der Waals surface area contributed by atoms with E-state index in [0.717, 1.165) is 6.42 Å². The van der Waals surface area contributed by atoms with Gasteiger partial charge < -0.3 is 5.32 Å². The zero-order valence-corrected chi connectivity index (χ0v) is 8.13. The van der Waals surface area contributed by atoms with Crippen LogP contribution in [0.1, 0.15) is 20.3 Å². The van der Waals surface area contributed by atoms with Gasteiger partial charge in [0.1, 0.15) is 0 Å². The van der Waals surface area contributed by atoms with Crippen molar-refractivity contribution in [3.63, 3.8) is 0 Å². The molecule has 2 heteroatoms. The largest absolute Gasteiger partial charge is 0.353 e. The summed E-state index contributed by atoms with van der Waals surface area (Å²) in [6.07, 6.45) is 9.28. The third-order valence-corrected chi connectivity index (χ3v) is 1.91. The van der Waals surface area contributed by atoms with E-state index in [1.807, 2.05) is 0 Å². The van der Waals surface area contributed by atoms with Gasteiger partial charge in [0, 0.05) is 13.5 Å². The topological polar surface area (TPSA) is 29.1 Å². The molecular formula is C11H15NO. The average Bonchev–Trinajstić information content (AvgIpc) is 2.27. The molecule has 0 aromatic rings. The first kappa shape index (κ1) is 9.78. The van der Waals surface area contributed by atoms with Gasteiger partial charge in [-0.25, -0.2) is 0 Å². The van der Waals surface area contributed by atoms with Gasteiger partial charge in [0.2, 0.25) is 5.91 Å². The van der Waals surface area contributed by atoms with Crippen LogP contribution in [0.5, 0.6) is 0 Å². The van der Waals surface area contributed by atoms with Crippen LogP contribution in [0.15, 0.2) is 35.5 Å². The predicted molar refractivity (Wildman–Crippen MR) is 54.3 cm³/mol. The highest BCUT2D eigenvalue weighted by Crippen LogP contribution is 2.09. The van der Waals surface area contributed by atoms with Gasteiger partial charge in [-0.15, -0.1) is 0 Å². The Labute approximate surface area is 79.0 Å². The molecular weight excluding hydrogens is 162 g/mol. The van der Waals surface area contributed by atoms with Crippen molar-refractivity contribution in [1.82, 2.24) is 5.32 Å². The summed E-state index contributed by atoms with van der Waals surface area (Å²) in [7, 11) is 0. The predicted octanol–water partition coefficient (Wildman–Crippen LogP) is 1.96. The highest BCUT2D eigenvalue weighted by Gasteiger charge is 1.98. The van der Waals surface area contributed by atoms with Gasteiger partial charge in [0.25, 0.3) is 0 Å². The van der Waals surface area contributed by atoms with Crippen LogP contribution in [0, 0.1) is 0 Å². The molecule has 0 aliphatic heterocycles. The number of hydrogen-bond donors (Lipinski definition) is 1. The Morgan fingerprint density at radius 2 is 2.31 bits per heavy atom. The van der Waals surface area contributed by atoms with Crippen molar-refractivity contribution in [2.24, 2.45) is 0 Å². The second kappa shape index (κ2) is 4.65. The molecule has 1 N–H and O–H groups in total. The minimum absolute atomic E-state index is 0.0230. The molecule has 1 aliphatic carbocycles. The van der Waals surface area contributed by atoms with E-state index in [2.05, 4.69) is 36.5 Å². The normalized spacial score (nSPS) is 15.8. The summed E-state index contributed by atoms with van der Waals surface area (Å²) in [4.78, 5) is 10.7. The zero-order valence-electron chi connectivity index (χ0n) is 8.13. The van der Waals surface area contributed by atoms with Gasteiger partial charge in [-0.3, -0.25) is 4.79 Å². The van der Waals surface area contributed by atoms with E-state index in [4.69, 9.17) is 0 Å². The Bertz CT molecular complexity index is 284. The second-order valence-corrected chi connectivity index (χ2v) is 3.25. The van der Waals surface area contributed by atoms with Crippen molar-refractivity contribution in [1.29, 1.82) is 0 Å². The first-order chi connectivity index (χ1) is 6.18. The number of allylic oxidation sites excluding steroid dienone is 5. The molecule has 1 amide bonds. The third kappa shape index (κ3) is 3.74. The van der Waals surface area contributed by atoms with Gasteiger partial charge >= 0.3 is 0 Å². The molecule has 0 saturated carbocycles. The van der Waals surface area contributed by atoms with Crippen LogP contribution in [-0.4, -0.2) is 12.5 Å². The van der Waals surface area contributed by atoms with Crippen molar-refractivity contribution in [3.8, 4) is 0 Å². The lowest BCUT2D eigenvalue weighted by Gasteiger charge is -2.03. The fourth-order valence-electron chi connectivity index (χ4n) is 1.14. The summed E-state index contributed by atoms with van der Waals surface area (Å²) in [6, 6.07) is 0. The number of carbonyl (C=O) groups excluding carboxylic acids is 1. The van der Waals surface area contributed by atoms with E-state index < -0.39 is 0 Å². The van der Waals surface area contributed by atoms with Crippen LogP contribution in [0.2, 0.25) is 0 Å². The molecule has 0 bridgehead atoms. The lowest BCUT2D eigenvalue weighted by Crippen LogP contribution is -2.22. The average molecular weight is 177 g/mol. The van der Waals surface area contributed by atoms with Gasteiger partial charge in [-0.05, 0) is 18.9 Å². The summed E-state index contributed by atoms with van der Waals surface area (Å²) < 4.78 is 0. The van der Waals surface area contributed by atoms with E-state index in [9.17, 15) is 4.79 Å². The molecule has 13 heavy (non-hydrogen) atoms. The van der Waals surface area contributed by atoms with Crippen LogP contribution in [0.25, 0.3) is 0 Å². The molecule has 0 saturated heterocycles. The maximum absolute atomic E-state index is 10.7. The van der Waals surface area contributed by atoms with Crippen LogP contribution in [-0.2, 0) is 4.79 Å². The Hall–Kier alpha value is -1.31. The van der Waals surface area contributed by atoms with E-state index in [0.29, 0.717) is 6.54 Å². The molecule has 0 spiro atoms. The highest BCUT2D eigenvalue weighted by atomic mass is 16.1. The third-order valence-electron chi connectivity index (χ3n) is 1.91. The van der Waals surface area contributed by atoms with Crippen LogP contribution < -0.4 is 5.32 Å². The monoisotopic (exact) mass is 177 g/mol. The minimum atomic E-state index is 0.0230. The van der Waals surface area contributed by atoms with Crippen molar-refractivity contribution in [3.05, 3.63) is 35.5 Å². The fourth-order valence-corrected chi connectivity index (χ4v) is 1.14. The lowest BCUT2D eigenvalue weighted by atomic mass is 10.2. The summed E-state index contributed by atoms with van der Waals surface area (Å²) in [5.41, 5.74) is 2.49. The van der Waals surface area contributed by atoms with Gasteiger partial charge in [-0.2, -0.15) is 0 Å². The molecule has 1 rings (SSSR count). The highest BCUT2D eigenvalue weighted by molar-refractivity contribution is 5.73. The quantitative estimate of drug-likeness (QED) is 0.686. The lowest BCUT2D eigenvalue weighted by molar-refractivity contribution is -0.118. The summed E-state index contributed by atoms with van der Waals surface area (Å²) in [5.74, 6) is 0.0230. The first-order valence-corrected chi connectivity index (χ1v) is 4.46. The molecule has 1 aliphatic rings. The zero-order chi connectivity index (χ0) is 9.68. The molecule has 2 nitrogen and oxygen atoms in total. The molecule has 0 radical (unpaired) electrons. The minimum Gasteiger partial charge on any atom is -0.353 e. The summed E-state index contributed by atoms with van der Waals surface area (Å²) in [6.45, 7) is 4.26. The Balaban J connectivity index is 2.52. The second-order valence-electron chi connectivity index (χ2n) is 3.25. The van der Waals surface area contributed by atoms with E-state index >= 15 is 0 Å². The van der Waals surface area contributed by atoms with E-state index in [1.165, 1.54) is 18.1 Å². The molecule has 0 aromatic heterocycles. The van der Waals surface area contributed by atoms with Crippen molar-refractivity contribution < 1.29 is 4.79 Å². The Morgan fingerprint density at radius 1 is 1.54 bits per heavy atom.